The molecule has 0 saturated heterocycles. The summed E-state index contributed by atoms with van der Waals surface area (Å²) in [5.74, 6) is -0.231. The summed E-state index contributed by atoms with van der Waals surface area (Å²) in [6, 6.07) is 5.19. The van der Waals surface area contributed by atoms with E-state index in [0.29, 0.717) is 37.1 Å². The highest BCUT2D eigenvalue weighted by atomic mass is 16.3. The summed E-state index contributed by atoms with van der Waals surface area (Å²) in [5.41, 5.74) is 2.15. The lowest BCUT2D eigenvalue weighted by molar-refractivity contribution is -0.115. The standard InChI is InChI=1S/C14H18N2O3/c1-2-11(17)5-6-15-14(19)10-4-3-9-8-13(18)16-12(9)7-10/h3-4,7,11,17H,2,5-6,8H2,1H3,(H,15,19)(H,16,18). The van der Waals surface area contributed by atoms with Gasteiger partial charge in [-0.15, -0.1) is 0 Å². The van der Waals surface area contributed by atoms with Crippen molar-refractivity contribution in [2.24, 2.45) is 0 Å². The molecule has 3 N–H and O–H groups in total. The van der Waals surface area contributed by atoms with Crippen LogP contribution in [0.2, 0.25) is 0 Å². The van der Waals surface area contributed by atoms with E-state index in [2.05, 4.69) is 10.6 Å². The van der Waals surface area contributed by atoms with Crippen LogP contribution >= 0.6 is 0 Å². The molecule has 1 heterocycles. The quantitative estimate of drug-likeness (QED) is 0.742. The van der Waals surface area contributed by atoms with Crippen LogP contribution in [0.15, 0.2) is 18.2 Å². The summed E-state index contributed by atoms with van der Waals surface area (Å²) < 4.78 is 0. The molecule has 0 radical (unpaired) electrons. The number of anilines is 1. The van der Waals surface area contributed by atoms with E-state index < -0.39 is 0 Å². The van der Waals surface area contributed by atoms with Crippen molar-refractivity contribution in [3.8, 4) is 0 Å². The van der Waals surface area contributed by atoms with Gasteiger partial charge in [-0.1, -0.05) is 13.0 Å². The molecule has 2 rings (SSSR count). The number of amides is 2. The first-order chi connectivity index (χ1) is 9.10. The second kappa shape index (κ2) is 5.84. The maximum atomic E-state index is 11.9. The first-order valence-electron chi connectivity index (χ1n) is 6.49. The highest BCUT2D eigenvalue weighted by Crippen LogP contribution is 2.23. The molecule has 1 aromatic carbocycles. The molecule has 1 aliphatic heterocycles. The van der Waals surface area contributed by atoms with Gasteiger partial charge in [0.05, 0.1) is 12.5 Å². The molecule has 0 fully saturated rings. The van der Waals surface area contributed by atoms with Crippen LogP contribution in [-0.2, 0) is 11.2 Å². The lowest BCUT2D eigenvalue weighted by Crippen LogP contribution is -2.27. The van der Waals surface area contributed by atoms with Crippen LogP contribution in [0, 0.1) is 0 Å². The van der Waals surface area contributed by atoms with E-state index in [-0.39, 0.29) is 17.9 Å². The summed E-state index contributed by atoms with van der Waals surface area (Å²) in [4.78, 5) is 23.1. The maximum Gasteiger partial charge on any atom is 0.251 e. The van der Waals surface area contributed by atoms with Gasteiger partial charge >= 0.3 is 0 Å². The van der Waals surface area contributed by atoms with Gasteiger partial charge < -0.3 is 15.7 Å². The number of carbonyl (C=O) groups excluding carboxylic acids is 2. The fourth-order valence-corrected chi connectivity index (χ4v) is 2.01. The molecule has 0 aromatic heterocycles. The van der Waals surface area contributed by atoms with E-state index in [1.807, 2.05) is 6.92 Å². The Kier molecular flexibility index (Phi) is 4.16. The Morgan fingerprint density at radius 3 is 3.05 bits per heavy atom. The Morgan fingerprint density at radius 1 is 1.53 bits per heavy atom. The van der Waals surface area contributed by atoms with Gasteiger partial charge in [0, 0.05) is 17.8 Å². The number of nitrogens with one attached hydrogen (secondary N) is 2. The number of aliphatic hydroxyl groups excluding tert-OH is 1. The van der Waals surface area contributed by atoms with Gasteiger partial charge in [0.25, 0.3) is 5.91 Å². The lowest BCUT2D eigenvalue weighted by Gasteiger charge is -2.09. The molecule has 1 atom stereocenters. The van der Waals surface area contributed by atoms with Crippen molar-refractivity contribution in [1.29, 1.82) is 0 Å². The fraction of sp³-hybridized carbons (Fsp3) is 0.429. The van der Waals surface area contributed by atoms with Crippen molar-refractivity contribution >= 4 is 17.5 Å². The van der Waals surface area contributed by atoms with Gasteiger partial charge in [0.1, 0.15) is 0 Å². The summed E-state index contributed by atoms with van der Waals surface area (Å²) >= 11 is 0. The van der Waals surface area contributed by atoms with Gasteiger partial charge in [-0.3, -0.25) is 9.59 Å². The summed E-state index contributed by atoms with van der Waals surface area (Å²) in [7, 11) is 0. The molecule has 19 heavy (non-hydrogen) atoms. The van der Waals surface area contributed by atoms with Crippen molar-refractivity contribution < 1.29 is 14.7 Å². The van der Waals surface area contributed by atoms with E-state index >= 15 is 0 Å². The third-order valence-electron chi connectivity index (χ3n) is 3.23. The smallest absolute Gasteiger partial charge is 0.251 e. The topological polar surface area (TPSA) is 78.4 Å². The van der Waals surface area contributed by atoms with Gasteiger partial charge in [-0.05, 0) is 30.5 Å². The molecule has 1 aliphatic rings. The molecular weight excluding hydrogens is 244 g/mol. The molecule has 5 nitrogen and oxygen atoms in total. The zero-order valence-corrected chi connectivity index (χ0v) is 10.9. The number of benzene rings is 1. The van der Waals surface area contributed by atoms with Gasteiger partial charge in [0.15, 0.2) is 0 Å². The third kappa shape index (κ3) is 3.32. The van der Waals surface area contributed by atoms with E-state index in [9.17, 15) is 14.7 Å². The molecule has 0 saturated carbocycles. The van der Waals surface area contributed by atoms with Crippen molar-refractivity contribution in [1.82, 2.24) is 5.32 Å². The number of fused-ring (bicyclic) bond motifs is 1. The number of aliphatic hydroxyl groups is 1. The van der Waals surface area contributed by atoms with Gasteiger partial charge in [0.2, 0.25) is 5.91 Å². The fourth-order valence-electron chi connectivity index (χ4n) is 2.01. The zero-order chi connectivity index (χ0) is 13.8. The Balaban J connectivity index is 1.93. The SMILES string of the molecule is CCC(O)CCNC(=O)c1ccc2c(c1)NC(=O)C2. The van der Waals surface area contributed by atoms with E-state index in [0.717, 1.165) is 5.56 Å². The van der Waals surface area contributed by atoms with Crippen LogP contribution in [-0.4, -0.2) is 29.6 Å². The van der Waals surface area contributed by atoms with E-state index in [1.54, 1.807) is 18.2 Å². The summed E-state index contributed by atoms with van der Waals surface area (Å²) in [6.45, 7) is 2.34. The maximum absolute atomic E-state index is 11.9. The average Bonchev–Trinajstić information content (AvgIpc) is 2.77. The van der Waals surface area contributed by atoms with Crippen LogP contribution in [0.5, 0.6) is 0 Å². The second-order valence-corrected chi connectivity index (χ2v) is 4.70. The van der Waals surface area contributed by atoms with Crippen molar-refractivity contribution in [3.05, 3.63) is 29.3 Å². The van der Waals surface area contributed by atoms with Gasteiger partial charge in [-0.2, -0.15) is 0 Å². The van der Waals surface area contributed by atoms with Crippen LogP contribution in [0.4, 0.5) is 5.69 Å². The summed E-state index contributed by atoms with van der Waals surface area (Å²) in [6.07, 6.45) is 1.23. The molecule has 1 aromatic rings. The lowest BCUT2D eigenvalue weighted by atomic mass is 10.1. The van der Waals surface area contributed by atoms with Crippen LogP contribution in [0.3, 0.4) is 0 Å². The Bertz CT molecular complexity index is 499. The zero-order valence-electron chi connectivity index (χ0n) is 10.9. The minimum atomic E-state index is -0.375. The molecule has 0 spiro atoms. The number of hydrogen-bond acceptors (Lipinski definition) is 3. The second-order valence-electron chi connectivity index (χ2n) is 4.70. The Labute approximate surface area is 112 Å². The number of rotatable bonds is 5. The number of carbonyl (C=O) groups is 2. The minimum Gasteiger partial charge on any atom is -0.393 e. The first kappa shape index (κ1) is 13.5. The predicted molar refractivity (Wildman–Crippen MR) is 72.0 cm³/mol. The van der Waals surface area contributed by atoms with E-state index in [4.69, 9.17) is 0 Å². The molecule has 0 aliphatic carbocycles. The van der Waals surface area contributed by atoms with Crippen molar-refractivity contribution in [2.75, 3.05) is 11.9 Å². The molecule has 1 unspecified atom stereocenters. The molecule has 102 valence electrons. The normalized spacial score (nSPS) is 14.7. The number of hydrogen-bond donors (Lipinski definition) is 3. The van der Waals surface area contributed by atoms with Crippen molar-refractivity contribution in [3.63, 3.8) is 0 Å². The largest absolute Gasteiger partial charge is 0.393 e. The average molecular weight is 262 g/mol. The Hall–Kier alpha value is -1.88. The molecule has 0 bridgehead atoms. The predicted octanol–water partition coefficient (Wildman–Crippen LogP) is 1.07. The van der Waals surface area contributed by atoms with Crippen molar-refractivity contribution in [2.45, 2.75) is 32.3 Å². The van der Waals surface area contributed by atoms with Crippen LogP contribution in [0.25, 0.3) is 0 Å². The monoisotopic (exact) mass is 262 g/mol. The summed E-state index contributed by atoms with van der Waals surface area (Å²) in [5, 5.41) is 14.9. The molecule has 5 heteroatoms. The highest BCUT2D eigenvalue weighted by Gasteiger charge is 2.18. The first-order valence-corrected chi connectivity index (χ1v) is 6.49. The van der Waals surface area contributed by atoms with Crippen LogP contribution in [0.1, 0.15) is 35.7 Å². The minimum absolute atomic E-state index is 0.0429. The van der Waals surface area contributed by atoms with Gasteiger partial charge in [-0.25, -0.2) is 0 Å². The van der Waals surface area contributed by atoms with E-state index in [1.165, 1.54) is 0 Å². The molecular formula is C14H18N2O3. The third-order valence-corrected chi connectivity index (χ3v) is 3.23. The molecule has 2 amide bonds. The highest BCUT2D eigenvalue weighted by molar-refractivity contribution is 6.02. The van der Waals surface area contributed by atoms with Crippen LogP contribution < -0.4 is 10.6 Å². The Morgan fingerprint density at radius 2 is 2.32 bits per heavy atom.